The third-order valence-electron chi connectivity index (χ3n) is 2.90. The molecule has 90 valence electrons. The summed E-state index contributed by atoms with van der Waals surface area (Å²) in [4.78, 5) is 0. The monoisotopic (exact) mass is 223 g/mol. The van der Waals surface area contributed by atoms with E-state index in [1.165, 1.54) is 12.5 Å². The van der Waals surface area contributed by atoms with Crippen molar-refractivity contribution in [2.24, 2.45) is 5.92 Å². The molecule has 0 radical (unpaired) electrons. The van der Waals surface area contributed by atoms with Gasteiger partial charge in [0.05, 0.1) is 0 Å². The first-order valence-corrected chi connectivity index (χ1v) is 6.17. The minimum Gasteiger partial charge on any atom is -0.316 e. The second kappa shape index (κ2) is 7.39. The predicted octanol–water partition coefficient (Wildman–Crippen LogP) is 3.39. The summed E-state index contributed by atoms with van der Waals surface area (Å²) in [6.45, 7) is 6.55. The van der Waals surface area contributed by atoms with Crippen LogP contribution in [0.1, 0.15) is 32.3 Å². The van der Waals surface area contributed by atoms with Gasteiger partial charge in [-0.3, -0.25) is 0 Å². The molecule has 1 rings (SSSR count). The highest BCUT2D eigenvalue weighted by atomic mass is 19.1. The van der Waals surface area contributed by atoms with Gasteiger partial charge in [-0.2, -0.15) is 0 Å². The molecule has 0 saturated carbocycles. The molecule has 1 aromatic carbocycles. The van der Waals surface area contributed by atoms with Crippen LogP contribution in [0.25, 0.3) is 0 Å². The Morgan fingerprint density at radius 3 is 2.88 bits per heavy atom. The Morgan fingerprint density at radius 1 is 1.38 bits per heavy atom. The third kappa shape index (κ3) is 5.26. The van der Waals surface area contributed by atoms with Crippen LogP contribution in [0.5, 0.6) is 0 Å². The topological polar surface area (TPSA) is 12.0 Å². The highest BCUT2D eigenvalue weighted by molar-refractivity contribution is 5.16. The van der Waals surface area contributed by atoms with E-state index in [0.29, 0.717) is 0 Å². The van der Waals surface area contributed by atoms with Crippen LogP contribution in [0, 0.1) is 11.7 Å². The smallest absolute Gasteiger partial charge is 0.123 e. The van der Waals surface area contributed by atoms with Crippen molar-refractivity contribution in [2.45, 2.75) is 33.1 Å². The van der Waals surface area contributed by atoms with Crippen LogP contribution < -0.4 is 5.32 Å². The number of hydrogen-bond acceptors (Lipinski definition) is 1. The average molecular weight is 223 g/mol. The van der Waals surface area contributed by atoms with E-state index in [9.17, 15) is 4.39 Å². The maximum Gasteiger partial charge on any atom is 0.123 e. The zero-order chi connectivity index (χ0) is 11.8. The van der Waals surface area contributed by atoms with Gasteiger partial charge in [-0.25, -0.2) is 4.39 Å². The molecule has 1 atom stereocenters. The quantitative estimate of drug-likeness (QED) is 0.699. The van der Waals surface area contributed by atoms with Crippen LogP contribution in [0.3, 0.4) is 0 Å². The first-order chi connectivity index (χ1) is 7.72. The SMILES string of the molecule is CCC(C)CNCCCc1cccc(F)c1. The van der Waals surface area contributed by atoms with Gasteiger partial charge >= 0.3 is 0 Å². The van der Waals surface area contributed by atoms with Gasteiger partial charge in [0.25, 0.3) is 0 Å². The number of benzene rings is 1. The van der Waals surface area contributed by atoms with Crippen molar-refractivity contribution in [1.82, 2.24) is 5.32 Å². The predicted molar refractivity (Wildman–Crippen MR) is 67.0 cm³/mol. The maximum absolute atomic E-state index is 12.9. The Labute approximate surface area is 98.1 Å². The lowest BCUT2D eigenvalue weighted by atomic mass is 10.1. The number of halogens is 1. The molecule has 0 aromatic heterocycles. The van der Waals surface area contributed by atoms with Gasteiger partial charge in [0.15, 0.2) is 0 Å². The van der Waals surface area contributed by atoms with Crippen molar-refractivity contribution in [3.63, 3.8) is 0 Å². The summed E-state index contributed by atoms with van der Waals surface area (Å²) < 4.78 is 12.9. The van der Waals surface area contributed by atoms with E-state index < -0.39 is 0 Å². The van der Waals surface area contributed by atoms with E-state index in [0.717, 1.165) is 37.4 Å². The molecule has 0 saturated heterocycles. The first-order valence-electron chi connectivity index (χ1n) is 6.17. The molecule has 1 nitrogen and oxygen atoms in total. The van der Waals surface area contributed by atoms with Crippen LogP contribution in [-0.4, -0.2) is 13.1 Å². The fourth-order valence-corrected chi connectivity index (χ4v) is 1.60. The van der Waals surface area contributed by atoms with Crippen LogP contribution in [0.2, 0.25) is 0 Å². The molecule has 0 heterocycles. The Morgan fingerprint density at radius 2 is 2.19 bits per heavy atom. The molecule has 0 bridgehead atoms. The Balaban J connectivity index is 2.12. The number of rotatable bonds is 7. The molecule has 1 N–H and O–H groups in total. The minimum absolute atomic E-state index is 0.134. The summed E-state index contributed by atoms with van der Waals surface area (Å²) >= 11 is 0. The molecule has 0 amide bonds. The van der Waals surface area contributed by atoms with E-state index in [1.54, 1.807) is 12.1 Å². The van der Waals surface area contributed by atoms with Gasteiger partial charge in [-0.05, 0) is 49.5 Å². The zero-order valence-electron chi connectivity index (χ0n) is 10.3. The second-order valence-electron chi connectivity index (χ2n) is 4.45. The second-order valence-corrected chi connectivity index (χ2v) is 4.45. The third-order valence-corrected chi connectivity index (χ3v) is 2.90. The lowest BCUT2D eigenvalue weighted by molar-refractivity contribution is 0.495. The largest absolute Gasteiger partial charge is 0.316 e. The van der Waals surface area contributed by atoms with E-state index in [4.69, 9.17) is 0 Å². The summed E-state index contributed by atoms with van der Waals surface area (Å²) in [5.74, 6) is 0.610. The molecule has 0 aliphatic carbocycles. The summed E-state index contributed by atoms with van der Waals surface area (Å²) in [6, 6.07) is 6.87. The van der Waals surface area contributed by atoms with Crippen molar-refractivity contribution in [3.05, 3.63) is 35.6 Å². The fraction of sp³-hybridized carbons (Fsp3) is 0.571. The van der Waals surface area contributed by atoms with Gasteiger partial charge in [-0.1, -0.05) is 32.4 Å². The van der Waals surface area contributed by atoms with Crippen LogP contribution in [0.15, 0.2) is 24.3 Å². The van der Waals surface area contributed by atoms with Gasteiger partial charge in [-0.15, -0.1) is 0 Å². The number of aryl methyl sites for hydroxylation is 1. The summed E-state index contributed by atoms with van der Waals surface area (Å²) in [6.07, 6.45) is 3.24. The highest BCUT2D eigenvalue weighted by Crippen LogP contribution is 2.05. The Kier molecular flexibility index (Phi) is 6.09. The molecule has 2 heteroatoms. The van der Waals surface area contributed by atoms with Crippen molar-refractivity contribution in [1.29, 1.82) is 0 Å². The molecule has 0 aliphatic rings. The number of nitrogens with one attached hydrogen (secondary N) is 1. The van der Waals surface area contributed by atoms with Gasteiger partial charge in [0.2, 0.25) is 0 Å². The first kappa shape index (κ1) is 13.2. The summed E-state index contributed by atoms with van der Waals surface area (Å²) in [5, 5.41) is 3.43. The summed E-state index contributed by atoms with van der Waals surface area (Å²) in [7, 11) is 0. The standard InChI is InChI=1S/C14H22FN/c1-3-12(2)11-16-9-5-7-13-6-4-8-14(15)10-13/h4,6,8,10,12,16H,3,5,7,9,11H2,1-2H3. The van der Waals surface area contributed by atoms with Crippen molar-refractivity contribution >= 4 is 0 Å². The molecule has 0 aliphatic heterocycles. The van der Waals surface area contributed by atoms with Crippen LogP contribution in [0.4, 0.5) is 4.39 Å². The van der Waals surface area contributed by atoms with E-state index in [-0.39, 0.29) is 5.82 Å². The zero-order valence-corrected chi connectivity index (χ0v) is 10.3. The lowest BCUT2D eigenvalue weighted by Crippen LogP contribution is -2.22. The molecule has 16 heavy (non-hydrogen) atoms. The normalized spacial score (nSPS) is 12.7. The lowest BCUT2D eigenvalue weighted by Gasteiger charge is -2.09. The van der Waals surface area contributed by atoms with Crippen LogP contribution in [-0.2, 0) is 6.42 Å². The van der Waals surface area contributed by atoms with E-state index in [2.05, 4.69) is 19.2 Å². The van der Waals surface area contributed by atoms with Crippen molar-refractivity contribution in [2.75, 3.05) is 13.1 Å². The highest BCUT2D eigenvalue weighted by Gasteiger charge is 1.98. The number of hydrogen-bond donors (Lipinski definition) is 1. The molecular weight excluding hydrogens is 201 g/mol. The Hall–Kier alpha value is -0.890. The van der Waals surface area contributed by atoms with E-state index in [1.807, 2.05) is 6.07 Å². The molecule has 0 spiro atoms. The molecule has 1 aromatic rings. The molecule has 0 fully saturated rings. The van der Waals surface area contributed by atoms with Crippen molar-refractivity contribution < 1.29 is 4.39 Å². The molecular formula is C14H22FN. The van der Waals surface area contributed by atoms with Gasteiger partial charge in [0.1, 0.15) is 5.82 Å². The maximum atomic E-state index is 12.9. The van der Waals surface area contributed by atoms with Gasteiger partial charge < -0.3 is 5.32 Å². The average Bonchev–Trinajstić information content (AvgIpc) is 2.28. The molecule has 1 unspecified atom stereocenters. The van der Waals surface area contributed by atoms with Crippen molar-refractivity contribution in [3.8, 4) is 0 Å². The summed E-state index contributed by atoms with van der Waals surface area (Å²) in [5.41, 5.74) is 1.09. The minimum atomic E-state index is -0.134. The fourth-order valence-electron chi connectivity index (χ4n) is 1.60. The van der Waals surface area contributed by atoms with Gasteiger partial charge in [0, 0.05) is 0 Å². The van der Waals surface area contributed by atoms with Crippen LogP contribution >= 0.6 is 0 Å². The Bertz CT molecular complexity index is 299. The van der Waals surface area contributed by atoms with E-state index >= 15 is 0 Å².